The van der Waals surface area contributed by atoms with E-state index in [1.165, 1.54) is 6.07 Å². The maximum Gasteiger partial charge on any atom is 0.422 e. The van der Waals surface area contributed by atoms with Gasteiger partial charge in [0.2, 0.25) is 5.88 Å². The second-order valence-corrected chi connectivity index (χ2v) is 4.36. The van der Waals surface area contributed by atoms with Crippen LogP contribution in [-0.2, 0) is 4.74 Å². The number of halogens is 3. The molecule has 2 atom stereocenters. The highest BCUT2D eigenvalue weighted by molar-refractivity contribution is 5.15. The first-order chi connectivity index (χ1) is 8.94. The summed E-state index contributed by atoms with van der Waals surface area (Å²) < 4.78 is 45.7. The Kier molecular flexibility index (Phi) is 4.20. The summed E-state index contributed by atoms with van der Waals surface area (Å²) in [5.41, 5.74) is 0.617. The fourth-order valence-corrected chi connectivity index (χ4v) is 1.72. The van der Waals surface area contributed by atoms with Gasteiger partial charge in [-0.05, 0) is 13.0 Å². The highest BCUT2D eigenvalue weighted by atomic mass is 19.4. The zero-order chi connectivity index (χ0) is 13.9. The van der Waals surface area contributed by atoms with Gasteiger partial charge in [0.1, 0.15) is 0 Å². The first-order valence-electron chi connectivity index (χ1n) is 5.81. The third-order valence-electron chi connectivity index (χ3n) is 2.54. The molecule has 1 fully saturated rings. The molecule has 0 amide bonds. The van der Waals surface area contributed by atoms with Crippen molar-refractivity contribution in [3.05, 3.63) is 17.8 Å². The van der Waals surface area contributed by atoms with Gasteiger partial charge >= 0.3 is 6.18 Å². The highest BCUT2D eigenvalue weighted by Gasteiger charge is 2.29. The van der Waals surface area contributed by atoms with Crippen molar-refractivity contribution in [3.63, 3.8) is 0 Å². The fourth-order valence-electron chi connectivity index (χ4n) is 1.72. The minimum absolute atomic E-state index is 0.104. The van der Waals surface area contributed by atoms with Crippen molar-refractivity contribution in [1.82, 2.24) is 15.5 Å². The van der Waals surface area contributed by atoms with E-state index >= 15 is 0 Å². The van der Waals surface area contributed by atoms with E-state index in [1.54, 1.807) is 6.07 Å². The molecule has 0 bridgehead atoms. The molecule has 2 unspecified atom stereocenters. The minimum Gasteiger partial charge on any atom is -0.467 e. The molecule has 2 heterocycles. The Morgan fingerprint density at radius 2 is 2.16 bits per heavy atom. The van der Waals surface area contributed by atoms with Gasteiger partial charge in [0.15, 0.2) is 6.61 Å². The molecular formula is C11H14F3N3O2. The Labute approximate surface area is 108 Å². The Balaban J connectivity index is 1.94. The van der Waals surface area contributed by atoms with Crippen molar-refractivity contribution in [2.24, 2.45) is 0 Å². The normalized spacial score (nSPS) is 24.2. The van der Waals surface area contributed by atoms with Crippen molar-refractivity contribution < 1.29 is 22.6 Å². The lowest BCUT2D eigenvalue weighted by Gasteiger charge is -2.28. The van der Waals surface area contributed by atoms with Crippen LogP contribution in [0.3, 0.4) is 0 Å². The van der Waals surface area contributed by atoms with E-state index in [0.29, 0.717) is 18.9 Å². The van der Waals surface area contributed by atoms with Crippen LogP contribution in [0.5, 0.6) is 5.88 Å². The van der Waals surface area contributed by atoms with Gasteiger partial charge in [-0.2, -0.15) is 18.3 Å². The quantitative estimate of drug-likeness (QED) is 0.906. The van der Waals surface area contributed by atoms with Crippen molar-refractivity contribution in [2.75, 3.05) is 19.8 Å². The van der Waals surface area contributed by atoms with Gasteiger partial charge in [-0.3, -0.25) is 0 Å². The molecule has 0 aromatic carbocycles. The summed E-state index contributed by atoms with van der Waals surface area (Å²) in [6.45, 7) is 1.68. The van der Waals surface area contributed by atoms with Gasteiger partial charge in [0.25, 0.3) is 0 Å². The zero-order valence-electron chi connectivity index (χ0n) is 10.3. The Morgan fingerprint density at radius 3 is 2.74 bits per heavy atom. The van der Waals surface area contributed by atoms with Crippen molar-refractivity contribution in [3.8, 4) is 5.88 Å². The van der Waals surface area contributed by atoms with Crippen LogP contribution in [0.4, 0.5) is 13.2 Å². The average molecular weight is 277 g/mol. The van der Waals surface area contributed by atoms with Gasteiger partial charge in [-0.1, -0.05) is 0 Å². The van der Waals surface area contributed by atoms with E-state index in [2.05, 4.69) is 20.3 Å². The monoisotopic (exact) mass is 277 g/mol. The summed E-state index contributed by atoms with van der Waals surface area (Å²) in [7, 11) is 0. The van der Waals surface area contributed by atoms with Crippen LogP contribution < -0.4 is 10.1 Å². The Hall–Kier alpha value is -1.41. The van der Waals surface area contributed by atoms with Gasteiger partial charge in [-0.15, -0.1) is 5.10 Å². The number of morpholine rings is 1. The second kappa shape index (κ2) is 5.70. The first kappa shape index (κ1) is 14.0. The van der Waals surface area contributed by atoms with Crippen LogP contribution in [-0.4, -0.2) is 42.2 Å². The number of rotatable bonds is 3. The summed E-state index contributed by atoms with van der Waals surface area (Å²) >= 11 is 0. The Morgan fingerprint density at radius 1 is 1.37 bits per heavy atom. The Bertz CT molecular complexity index is 411. The maximum atomic E-state index is 12.0. The lowest BCUT2D eigenvalue weighted by atomic mass is 10.1. The molecule has 0 radical (unpaired) electrons. The standard InChI is InChI=1S/C11H14F3N3O2/c1-7-4-18-5-9(15-7)8-2-3-10(17-16-8)19-6-11(12,13)14/h2-3,7,9,15H,4-6H2,1H3. The summed E-state index contributed by atoms with van der Waals surface area (Å²) in [4.78, 5) is 0. The molecule has 1 aromatic heterocycles. The predicted molar refractivity (Wildman–Crippen MR) is 59.7 cm³/mol. The van der Waals surface area contributed by atoms with Crippen LogP contribution >= 0.6 is 0 Å². The first-order valence-corrected chi connectivity index (χ1v) is 5.81. The van der Waals surface area contributed by atoms with Gasteiger partial charge < -0.3 is 14.8 Å². The molecule has 1 N–H and O–H groups in total. The number of nitrogens with zero attached hydrogens (tertiary/aromatic N) is 2. The molecule has 0 spiro atoms. The molecule has 2 rings (SSSR count). The molecule has 1 aliphatic heterocycles. The zero-order valence-corrected chi connectivity index (χ0v) is 10.3. The predicted octanol–water partition coefficient (Wildman–Crippen LogP) is 1.47. The van der Waals surface area contributed by atoms with Gasteiger partial charge in [0, 0.05) is 12.1 Å². The maximum absolute atomic E-state index is 12.0. The third-order valence-corrected chi connectivity index (χ3v) is 2.54. The van der Waals surface area contributed by atoms with E-state index in [0.717, 1.165) is 0 Å². The van der Waals surface area contributed by atoms with Crippen molar-refractivity contribution in [1.29, 1.82) is 0 Å². The summed E-state index contributed by atoms with van der Waals surface area (Å²) in [6, 6.07) is 3.04. The molecule has 5 nitrogen and oxygen atoms in total. The number of hydrogen-bond donors (Lipinski definition) is 1. The number of alkyl halides is 3. The fraction of sp³-hybridized carbons (Fsp3) is 0.636. The molecule has 19 heavy (non-hydrogen) atoms. The molecule has 1 aliphatic rings. The second-order valence-electron chi connectivity index (χ2n) is 4.36. The summed E-state index contributed by atoms with van der Waals surface area (Å²) in [5.74, 6) is -0.147. The molecule has 8 heteroatoms. The molecule has 1 aromatic rings. The van der Waals surface area contributed by atoms with Crippen LogP contribution in [0.2, 0.25) is 0 Å². The van der Waals surface area contributed by atoms with E-state index in [4.69, 9.17) is 4.74 Å². The van der Waals surface area contributed by atoms with Gasteiger partial charge in [0.05, 0.1) is 24.9 Å². The molecular weight excluding hydrogens is 263 g/mol. The minimum atomic E-state index is -4.38. The highest BCUT2D eigenvalue weighted by Crippen LogP contribution is 2.19. The van der Waals surface area contributed by atoms with Crippen LogP contribution in [0.15, 0.2) is 12.1 Å². The van der Waals surface area contributed by atoms with Crippen molar-refractivity contribution in [2.45, 2.75) is 25.2 Å². The molecule has 0 aliphatic carbocycles. The largest absolute Gasteiger partial charge is 0.467 e. The lowest BCUT2D eigenvalue weighted by Crippen LogP contribution is -2.42. The van der Waals surface area contributed by atoms with Crippen LogP contribution in [0, 0.1) is 0 Å². The van der Waals surface area contributed by atoms with Crippen LogP contribution in [0.25, 0.3) is 0 Å². The molecule has 1 saturated heterocycles. The SMILES string of the molecule is CC1COCC(c2ccc(OCC(F)(F)F)nn2)N1. The van der Waals surface area contributed by atoms with E-state index in [-0.39, 0.29) is 18.0 Å². The topological polar surface area (TPSA) is 56.3 Å². The summed E-state index contributed by atoms with van der Waals surface area (Å²) in [6.07, 6.45) is -4.38. The number of nitrogens with one attached hydrogen (secondary N) is 1. The average Bonchev–Trinajstić information content (AvgIpc) is 2.36. The third kappa shape index (κ3) is 4.32. The van der Waals surface area contributed by atoms with Gasteiger partial charge in [-0.25, -0.2) is 0 Å². The molecule has 106 valence electrons. The van der Waals surface area contributed by atoms with Crippen molar-refractivity contribution >= 4 is 0 Å². The number of ether oxygens (including phenoxy) is 2. The smallest absolute Gasteiger partial charge is 0.422 e. The lowest BCUT2D eigenvalue weighted by molar-refractivity contribution is -0.154. The number of hydrogen-bond acceptors (Lipinski definition) is 5. The summed E-state index contributed by atoms with van der Waals surface area (Å²) in [5, 5.41) is 10.7. The molecule has 0 saturated carbocycles. The van der Waals surface area contributed by atoms with Crippen LogP contribution in [0.1, 0.15) is 18.7 Å². The number of aromatic nitrogens is 2. The van der Waals surface area contributed by atoms with E-state index < -0.39 is 12.8 Å². The van der Waals surface area contributed by atoms with E-state index in [1.807, 2.05) is 6.92 Å². The van der Waals surface area contributed by atoms with E-state index in [9.17, 15) is 13.2 Å².